The normalized spacial score (nSPS) is 11.4. The molecule has 90 valence electrons. The van der Waals surface area contributed by atoms with Crippen molar-refractivity contribution in [2.24, 2.45) is 0 Å². The Morgan fingerprint density at radius 1 is 0.579 bits per heavy atom. The molecule has 0 atom stereocenters. The van der Waals surface area contributed by atoms with Gasteiger partial charge in [-0.15, -0.1) is 0 Å². The Labute approximate surface area is 110 Å². The maximum Gasteiger partial charge on any atom is 0.124 e. The lowest BCUT2D eigenvalue weighted by molar-refractivity contribution is 0.483. The van der Waals surface area contributed by atoms with Crippen LogP contribution in [0.1, 0.15) is 0 Å². The SMILES string of the molecule is Oc1cc2ccccc2c2ccc3ccccc3c12. The molecule has 0 fully saturated rings. The molecule has 19 heavy (non-hydrogen) atoms. The molecule has 4 rings (SSSR count). The summed E-state index contributed by atoms with van der Waals surface area (Å²) in [6.45, 7) is 0. The van der Waals surface area contributed by atoms with Gasteiger partial charge in [0.15, 0.2) is 0 Å². The second kappa shape index (κ2) is 3.72. The van der Waals surface area contributed by atoms with Crippen molar-refractivity contribution < 1.29 is 5.11 Å². The molecule has 1 nitrogen and oxygen atoms in total. The number of benzene rings is 4. The monoisotopic (exact) mass is 244 g/mol. The van der Waals surface area contributed by atoms with Crippen molar-refractivity contribution in [3.8, 4) is 5.75 Å². The molecular formula is C18H12O. The Morgan fingerprint density at radius 3 is 2.11 bits per heavy atom. The van der Waals surface area contributed by atoms with Crippen LogP contribution in [-0.4, -0.2) is 5.11 Å². The average Bonchev–Trinajstić information content (AvgIpc) is 2.46. The predicted molar refractivity (Wildman–Crippen MR) is 80.6 cm³/mol. The number of hydrogen-bond donors (Lipinski definition) is 1. The first kappa shape index (κ1) is 10.4. The third-order valence-electron chi connectivity index (χ3n) is 3.73. The lowest BCUT2D eigenvalue weighted by Crippen LogP contribution is -1.81. The summed E-state index contributed by atoms with van der Waals surface area (Å²) in [6, 6.07) is 22.4. The van der Waals surface area contributed by atoms with Crippen LogP contribution in [0.5, 0.6) is 5.75 Å². The van der Waals surface area contributed by atoms with E-state index in [1.54, 1.807) is 0 Å². The Balaban J connectivity index is 2.35. The summed E-state index contributed by atoms with van der Waals surface area (Å²) < 4.78 is 0. The van der Waals surface area contributed by atoms with Crippen LogP contribution in [0.2, 0.25) is 0 Å². The van der Waals surface area contributed by atoms with Crippen LogP contribution < -0.4 is 0 Å². The van der Waals surface area contributed by atoms with Crippen molar-refractivity contribution in [3.05, 3.63) is 66.7 Å². The molecule has 0 radical (unpaired) electrons. The van der Waals surface area contributed by atoms with Gasteiger partial charge in [-0.1, -0.05) is 60.7 Å². The summed E-state index contributed by atoms with van der Waals surface area (Å²) in [5.74, 6) is 0.352. The molecule has 4 aromatic carbocycles. The van der Waals surface area contributed by atoms with Gasteiger partial charge in [-0.05, 0) is 33.0 Å². The fourth-order valence-electron chi connectivity index (χ4n) is 2.86. The van der Waals surface area contributed by atoms with Crippen LogP contribution >= 0.6 is 0 Å². The molecule has 0 unspecified atom stereocenters. The number of rotatable bonds is 0. The summed E-state index contributed by atoms with van der Waals surface area (Å²) in [5, 5.41) is 16.9. The van der Waals surface area contributed by atoms with Crippen LogP contribution in [0, 0.1) is 0 Å². The van der Waals surface area contributed by atoms with E-state index < -0.39 is 0 Å². The number of aromatic hydroxyl groups is 1. The van der Waals surface area contributed by atoms with E-state index in [2.05, 4.69) is 30.3 Å². The minimum absolute atomic E-state index is 0.352. The Morgan fingerprint density at radius 2 is 1.26 bits per heavy atom. The van der Waals surface area contributed by atoms with Crippen molar-refractivity contribution in [2.45, 2.75) is 0 Å². The van der Waals surface area contributed by atoms with Gasteiger partial charge in [-0.2, -0.15) is 0 Å². The predicted octanol–water partition coefficient (Wildman–Crippen LogP) is 4.85. The molecule has 0 aliphatic carbocycles. The average molecular weight is 244 g/mol. The van der Waals surface area contributed by atoms with Crippen molar-refractivity contribution in [1.82, 2.24) is 0 Å². The molecule has 0 aliphatic rings. The van der Waals surface area contributed by atoms with Crippen LogP contribution in [-0.2, 0) is 0 Å². The molecule has 0 aliphatic heterocycles. The highest BCUT2D eigenvalue weighted by Crippen LogP contribution is 2.37. The zero-order valence-corrected chi connectivity index (χ0v) is 10.3. The first-order valence-corrected chi connectivity index (χ1v) is 6.37. The Kier molecular flexibility index (Phi) is 2.04. The van der Waals surface area contributed by atoms with Crippen molar-refractivity contribution in [3.63, 3.8) is 0 Å². The second-order valence-electron chi connectivity index (χ2n) is 4.83. The number of phenols is 1. The lowest BCUT2D eigenvalue weighted by atomic mass is 9.96. The molecule has 4 aromatic rings. The molecule has 1 heteroatoms. The first-order chi connectivity index (χ1) is 9.34. The van der Waals surface area contributed by atoms with Crippen molar-refractivity contribution in [1.29, 1.82) is 0 Å². The molecule has 0 aromatic heterocycles. The largest absolute Gasteiger partial charge is 0.507 e. The van der Waals surface area contributed by atoms with E-state index in [4.69, 9.17) is 0 Å². The molecule has 0 heterocycles. The summed E-state index contributed by atoms with van der Waals surface area (Å²) in [5.41, 5.74) is 0. The lowest BCUT2D eigenvalue weighted by Gasteiger charge is -2.09. The number of hydrogen-bond acceptors (Lipinski definition) is 1. The van der Waals surface area contributed by atoms with E-state index in [0.29, 0.717) is 5.75 Å². The molecular weight excluding hydrogens is 232 g/mol. The van der Waals surface area contributed by atoms with E-state index in [1.165, 1.54) is 5.39 Å². The fraction of sp³-hybridized carbons (Fsp3) is 0. The minimum atomic E-state index is 0.352. The Hall–Kier alpha value is -2.54. The summed E-state index contributed by atoms with van der Waals surface area (Å²) >= 11 is 0. The molecule has 0 saturated heterocycles. The highest BCUT2D eigenvalue weighted by atomic mass is 16.3. The van der Waals surface area contributed by atoms with Gasteiger partial charge < -0.3 is 5.11 Å². The highest BCUT2D eigenvalue weighted by Gasteiger charge is 2.08. The van der Waals surface area contributed by atoms with E-state index in [9.17, 15) is 5.11 Å². The molecule has 0 amide bonds. The number of phenolic OH excluding ortho intramolecular Hbond substituents is 1. The van der Waals surface area contributed by atoms with Crippen molar-refractivity contribution >= 4 is 32.3 Å². The highest BCUT2D eigenvalue weighted by molar-refractivity contribution is 6.19. The van der Waals surface area contributed by atoms with Gasteiger partial charge in [-0.3, -0.25) is 0 Å². The maximum absolute atomic E-state index is 10.4. The zero-order chi connectivity index (χ0) is 12.8. The molecule has 0 saturated carbocycles. The zero-order valence-electron chi connectivity index (χ0n) is 10.3. The van der Waals surface area contributed by atoms with Crippen LogP contribution in [0.15, 0.2) is 66.7 Å². The maximum atomic E-state index is 10.4. The van der Waals surface area contributed by atoms with Gasteiger partial charge in [-0.25, -0.2) is 0 Å². The van der Waals surface area contributed by atoms with Gasteiger partial charge in [0, 0.05) is 5.39 Å². The fourth-order valence-corrected chi connectivity index (χ4v) is 2.86. The molecule has 0 bridgehead atoms. The summed E-state index contributed by atoms with van der Waals surface area (Å²) in [4.78, 5) is 0. The third-order valence-corrected chi connectivity index (χ3v) is 3.73. The van der Waals surface area contributed by atoms with Gasteiger partial charge >= 0.3 is 0 Å². The standard InChI is InChI=1S/C18H12O/c19-17-11-13-6-2-3-7-14(13)16-10-9-12-5-1-4-8-15(12)18(16)17/h1-11,19H. The van der Waals surface area contributed by atoms with Gasteiger partial charge in [0.25, 0.3) is 0 Å². The van der Waals surface area contributed by atoms with Crippen molar-refractivity contribution in [2.75, 3.05) is 0 Å². The number of fused-ring (bicyclic) bond motifs is 5. The van der Waals surface area contributed by atoms with Crippen LogP contribution in [0.3, 0.4) is 0 Å². The van der Waals surface area contributed by atoms with Crippen LogP contribution in [0.4, 0.5) is 0 Å². The quantitative estimate of drug-likeness (QED) is 0.438. The smallest absolute Gasteiger partial charge is 0.124 e. The minimum Gasteiger partial charge on any atom is -0.507 e. The van der Waals surface area contributed by atoms with E-state index >= 15 is 0 Å². The molecule has 1 N–H and O–H groups in total. The third kappa shape index (κ3) is 1.42. The van der Waals surface area contributed by atoms with E-state index in [1.807, 2.05) is 36.4 Å². The van der Waals surface area contributed by atoms with E-state index in [-0.39, 0.29) is 0 Å². The summed E-state index contributed by atoms with van der Waals surface area (Å²) in [6.07, 6.45) is 0. The van der Waals surface area contributed by atoms with Gasteiger partial charge in [0.1, 0.15) is 5.75 Å². The Bertz CT molecular complexity index is 922. The van der Waals surface area contributed by atoms with Gasteiger partial charge in [0.2, 0.25) is 0 Å². The first-order valence-electron chi connectivity index (χ1n) is 6.37. The van der Waals surface area contributed by atoms with Crippen LogP contribution in [0.25, 0.3) is 32.3 Å². The van der Waals surface area contributed by atoms with E-state index in [0.717, 1.165) is 26.9 Å². The topological polar surface area (TPSA) is 20.2 Å². The van der Waals surface area contributed by atoms with Gasteiger partial charge in [0.05, 0.1) is 0 Å². The summed E-state index contributed by atoms with van der Waals surface area (Å²) in [7, 11) is 0. The second-order valence-corrected chi connectivity index (χ2v) is 4.83. The molecule has 0 spiro atoms.